The van der Waals surface area contributed by atoms with Gasteiger partial charge in [0.05, 0.1) is 0 Å². The van der Waals surface area contributed by atoms with Crippen molar-refractivity contribution < 1.29 is 4.79 Å². The number of benzene rings is 1. The highest BCUT2D eigenvalue weighted by Crippen LogP contribution is 2.16. The number of nitrogens with two attached hydrogens (primary N) is 1. The van der Waals surface area contributed by atoms with Crippen LogP contribution in [0.1, 0.15) is 22.3 Å². The van der Waals surface area contributed by atoms with E-state index in [0.717, 1.165) is 31.6 Å². The Labute approximate surface area is 108 Å². The predicted molar refractivity (Wildman–Crippen MR) is 73.5 cm³/mol. The molecule has 1 saturated heterocycles. The van der Waals surface area contributed by atoms with Crippen LogP contribution in [-0.2, 0) is 0 Å². The lowest BCUT2D eigenvalue weighted by Gasteiger charge is -2.13. The van der Waals surface area contributed by atoms with E-state index in [1.165, 1.54) is 0 Å². The normalized spacial score (nSPS) is 20.0. The molecule has 0 aromatic heterocycles. The van der Waals surface area contributed by atoms with Crippen molar-refractivity contribution in [3.8, 4) is 0 Å². The van der Waals surface area contributed by atoms with Crippen LogP contribution in [0.4, 0.5) is 5.69 Å². The van der Waals surface area contributed by atoms with Gasteiger partial charge < -0.3 is 16.0 Å². The molecule has 1 atom stereocenters. The molecule has 18 heavy (non-hydrogen) atoms. The Morgan fingerprint density at radius 1 is 1.56 bits per heavy atom. The van der Waals surface area contributed by atoms with Gasteiger partial charge in [0.15, 0.2) is 0 Å². The van der Waals surface area contributed by atoms with Gasteiger partial charge in [-0.25, -0.2) is 0 Å². The maximum Gasteiger partial charge on any atom is 0.251 e. The maximum absolute atomic E-state index is 12.1. The fourth-order valence-electron chi connectivity index (χ4n) is 2.42. The Kier molecular flexibility index (Phi) is 3.87. The Bertz CT molecular complexity index is 445. The van der Waals surface area contributed by atoms with Crippen molar-refractivity contribution in [2.45, 2.75) is 13.3 Å². The summed E-state index contributed by atoms with van der Waals surface area (Å²) in [5, 5.41) is 3.01. The number of hydrogen-bond donors (Lipinski definition) is 2. The molecular weight excluding hydrogens is 226 g/mol. The summed E-state index contributed by atoms with van der Waals surface area (Å²) < 4.78 is 0. The minimum atomic E-state index is -0.0191. The highest BCUT2D eigenvalue weighted by Gasteiger charge is 2.20. The molecule has 1 amide bonds. The van der Waals surface area contributed by atoms with Crippen LogP contribution in [0.15, 0.2) is 18.2 Å². The molecule has 1 aromatic carbocycles. The molecular formula is C14H21N3O. The van der Waals surface area contributed by atoms with Gasteiger partial charge in [-0.2, -0.15) is 0 Å². The van der Waals surface area contributed by atoms with Crippen LogP contribution < -0.4 is 11.1 Å². The first-order chi connectivity index (χ1) is 8.58. The Balaban J connectivity index is 1.94. The SMILES string of the molecule is Cc1c(N)cccc1C(=O)NCC1CCN(C)C1. The van der Waals surface area contributed by atoms with Gasteiger partial charge in [-0.3, -0.25) is 4.79 Å². The quantitative estimate of drug-likeness (QED) is 0.791. The standard InChI is InChI=1S/C14H21N3O/c1-10-12(4-3-5-13(10)15)14(18)16-8-11-6-7-17(2)9-11/h3-5,11H,6-9,15H2,1-2H3,(H,16,18). The summed E-state index contributed by atoms with van der Waals surface area (Å²) in [7, 11) is 2.11. The van der Waals surface area contributed by atoms with Gasteiger partial charge in [0.2, 0.25) is 0 Å². The fourth-order valence-corrected chi connectivity index (χ4v) is 2.42. The molecule has 1 heterocycles. The van der Waals surface area contributed by atoms with E-state index in [1.807, 2.05) is 25.1 Å². The molecule has 0 aliphatic carbocycles. The summed E-state index contributed by atoms with van der Waals surface area (Å²) in [6.07, 6.45) is 1.16. The molecule has 0 spiro atoms. The molecule has 4 heteroatoms. The third kappa shape index (κ3) is 2.82. The average Bonchev–Trinajstić information content (AvgIpc) is 2.76. The van der Waals surface area contributed by atoms with Gasteiger partial charge in [-0.15, -0.1) is 0 Å². The lowest BCUT2D eigenvalue weighted by molar-refractivity contribution is 0.0947. The summed E-state index contributed by atoms with van der Waals surface area (Å²) in [4.78, 5) is 14.4. The molecule has 4 nitrogen and oxygen atoms in total. The number of hydrogen-bond acceptors (Lipinski definition) is 3. The van der Waals surface area contributed by atoms with Crippen molar-refractivity contribution in [2.75, 3.05) is 32.4 Å². The zero-order valence-corrected chi connectivity index (χ0v) is 11.1. The third-order valence-corrected chi connectivity index (χ3v) is 3.66. The number of nitrogen functional groups attached to an aromatic ring is 1. The molecule has 0 radical (unpaired) electrons. The minimum Gasteiger partial charge on any atom is -0.398 e. The van der Waals surface area contributed by atoms with Crippen LogP contribution in [0.3, 0.4) is 0 Å². The summed E-state index contributed by atoms with van der Waals surface area (Å²) in [6.45, 7) is 4.82. The molecule has 1 fully saturated rings. The summed E-state index contributed by atoms with van der Waals surface area (Å²) in [6, 6.07) is 5.46. The Morgan fingerprint density at radius 2 is 2.33 bits per heavy atom. The lowest BCUT2D eigenvalue weighted by atomic mass is 10.1. The second kappa shape index (κ2) is 5.40. The molecule has 2 rings (SSSR count). The van der Waals surface area contributed by atoms with E-state index in [-0.39, 0.29) is 5.91 Å². The van der Waals surface area contributed by atoms with Gasteiger partial charge in [0, 0.05) is 24.3 Å². The minimum absolute atomic E-state index is 0.0191. The predicted octanol–water partition coefficient (Wildman–Crippen LogP) is 1.26. The highest BCUT2D eigenvalue weighted by atomic mass is 16.1. The van der Waals surface area contributed by atoms with E-state index in [4.69, 9.17) is 5.73 Å². The molecule has 1 aliphatic rings. The number of nitrogens with one attached hydrogen (secondary N) is 1. The Hall–Kier alpha value is -1.55. The van der Waals surface area contributed by atoms with Crippen LogP contribution in [0, 0.1) is 12.8 Å². The third-order valence-electron chi connectivity index (χ3n) is 3.66. The number of likely N-dealkylation sites (tertiary alicyclic amines) is 1. The number of rotatable bonds is 3. The smallest absolute Gasteiger partial charge is 0.251 e. The highest BCUT2D eigenvalue weighted by molar-refractivity contribution is 5.96. The summed E-state index contributed by atoms with van der Waals surface area (Å²) >= 11 is 0. The molecule has 1 unspecified atom stereocenters. The van der Waals surface area contributed by atoms with Crippen LogP contribution in [0.5, 0.6) is 0 Å². The molecule has 98 valence electrons. The van der Waals surface area contributed by atoms with Crippen molar-refractivity contribution in [1.82, 2.24) is 10.2 Å². The van der Waals surface area contributed by atoms with Crippen LogP contribution in [0.25, 0.3) is 0 Å². The van der Waals surface area contributed by atoms with Crippen molar-refractivity contribution in [3.63, 3.8) is 0 Å². The average molecular weight is 247 g/mol. The zero-order valence-electron chi connectivity index (χ0n) is 11.1. The van der Waals surface area contributed by atoms with E-state index in [2.05, 4.69) is 17.3 Å². The first-order valence-corrected chi connectivity index (χ1v) is 6.39. The molecule has 0 saturated carbocycles. The van der Waals surface area contributed by atoms with Gasteiger partial charge >= 0.3 is 0 Å². The molecule has 0 bridgehead atoms. The Morgan fingerprint density at radius 3 is 3.00 bits per heavy atom. The molecule has 1 aliphatic heterocycles. The van der Waals surface area contributed by atoms with Crippen LogP contribution in [-0.4, -0.2) is 37.5 Å². The number of anilines is 1. The van der Waals surface area contributed by atoms with Gasteiger partial charge in [-0.05, 0) is 50.6 Å². The first kappa shape index (κ1) is 12.9. The van der Waals surface area contributed by atoms with Crippen molar-refractivity contribution in [1.29, 1.82) is 0 Å². The van der Waals surface area contributed by atoms with Crippen molar-refractivity contribution >= 4 is 11.6 Å². The van der Waals surface area contributed by atoms with Crippen LogP contribution >= 0.6 is 0 Å². The number of carbonyl (C=O) groups excluding carboxylic acids is 1. The van der Waals surface area contributed by atoms with Crippen molar-refractivity contribution in [3.05, 3.63) is 29.3 Å². The lowest BCUT2D eigenvalue weighted by Crippen LogP contribution is -2.31. The second-order valence-electron chi connectivity index (χ2n) is 5.15. The molecule has 1 aromatic rings. The van der Waals surface area contributed by atoms with E-state index >= 15 is 0 Å². The van der Waals surface area contributed by atoms with Gasteiger partial charge in [0.25, 0.3) is 5.91 Å². The largest absolute Gasteiger partial charge is 0.398 e. The van der Waals surface area contributed by atoms with Crippen LogP contribution in [0.2, 0.25) is 0 Å². The summed E-state index contributed by atoms with van der Waals surface area (Å²) in [5.41, 5.74) is 8.02. The second-order valence-corrected chi connectivity index (χ2v) is 5.15. The van der Waals surface area contributed by atoms with Gasteiger partial charge in [-0.1, -0.05) is 6.07 Å². The number of carbonyl (C=O) groups is 1. The van der Waals surface area contributed by atoms with E-state index in [1.54, 1.807) is 0 Å². The van der Waals surface area contributed by atoms with Gasteiger partial charge in [0.1, 0.15) is 0 Å². The maximum atomic E-state index is 12.1. The van der Waals surface area contributed by atoms with E-state index in [0.29, 0.717) is 17.2 Å². The topological polar surface area (TPSA) is 58.4 Å². The monoisotopic (exact) mass is 247 g/mol. The van der Waals surface area contributed by atoms with E-state index < -0.39 is 0 Å². The fraction of sp³-hybridized carbons (Fsp3) is 0.500. The van der Waals surface area contributed by atoms with Crippen molar-refractivity contribution in [2.24, 2.45) is 5.92 Å². The molecule has 3 N–H and O–H groups in total. The zero-order chi connectivity index (χ0) is 13.1. The summed E-state index contributed by atoms with van der Waals surface area (Å²) in [5.74, 6) is 0.551. The van der Waals surface area contributed by atoms with E-state index in [9.17, 15) is 4.79 Å². The first-order valence-electron chi connectivity index (χ1n) is 6.39. The number of amides is 1. The number of nitrogens with zero attached hydrogens (tertiary/aromatic N) is 1.